The number of aromatic amines is 1. The molecule has 0 saturated carbocycles. The molecule has 322 valence electrons. The molecule has 62 heavy (non-hydrogen) atoms. The molecule has 3 aliphatic heterocycles. The minimum atomic E-state index is -0.772. The fraction of sp³-hybridized carbons (Fsp3) is 0.356. The Bertz CT molecular complexity index is 2710. The van der Waals surface area contributed by atoms with Crippen LogP contribution in [-0.2, 0) is 27.8 Å². The molecule has 9 rings (SSSR count). The molecular formula is C45H47F2N9O6. The Morgan fingerprint density at radius 2 is 1.71 bits per heavy atom. The largest absolute Gasteiger partial charge is 0.490 e. The number of carbonyl (C=O) groups excluding carboxylic acids is 3. The highest BCUT2D eigenvalue weighted by atomic mass is 19.1. The highest BCUT2D eigenvalue weighted by molar-refractivity contribution is 6.11. The van der Waals surface area contributed by atoms with Gasteiger partial charge in [-0.05, 0) is 91.4 Å². The van der Waals surface area contributed by atoms with E-state index in [4.69, 9.17) is 9.47 Å². The van der Waals surface area contributed by atoms with Crippen molar-refractivity contribution < 1.29 is 32.6 Å². The quantitative estimate of drug-likeness (QED) is 0.122. The first kappa shape index (κ1) is 40.8. The maximum atomic E-state index is 14.0. The monoisotopic (exact) mass is 847 g/mol. The number of nitrogens with one attached hydrogen (secondary N) is 4. The standard InChI is InChI=1S/C45H47F2N9O6/c1-53-41-37(56(45(53)60)38-9-10-40(57)49-44(38)59)3-2-4-39(41)62-20-17-54-13-15-55(16-14-54)32-6-7-33(36(26-32)48-31-11-18-61-19-12-31)43(58)50-42-34-24-27(5-8-35(34)51-52-42)21-28-22-29(46)25-30(47)23-28/h2-8,22-26,31,38,48H,9-21H2,1H3,(H,49,57,59)(H2,50,51,52,58). The van der Waals surface area contributed by atoms with Crippen LogP contribution >= 0.6 is 0 Å². The number of hydrogen-bond donors (Lipinski definition) is 4. The van der Waals surface area contributed by atoms with Crippen LogP contribution in [0.25, 0.3) is 21.9 Å². The number of fused-ring (bicyclic) bond motifs is 2. The fourth-order valence-electron chi connectivity index (χ4n) is 8.76. The third-order valence-corrected chi connectivity index (χ3v) is 12.0. The van der Waals surface area contributed by atoms with E-state index in [0.29, 0.717) is 83.1 Å². The maximum Gasteiger partial charge on any atom is 0.329 e. The molecule has 3 aliphatic rings. The average Bonchev–Trinajstić information content (AvgIpc) is 3.77. The van der Waals surface area contributed by atoms with Gasteiger partial charge in [-0.15, -0.1) is 0 Å². The van der Waals surface area contributed by atoms with Gasteiger partial charge in [0.05, 0.1) is 16.6 Å². The van der Waals surface area contributed by atoms with Crippen molar-refractivity contribution in [1.82, 2.24) is 29.5 Å². The zero-order valence-corrected chi connectivity index (χ0v) is 34.2. The lowest BCUT2D eigenvalue weighted by Gasteiger charge is -2.36. The normalized spacial score (nSPS) is 17.7. The van der Waals surface area contributed by atoms with Crippen molar-refractivity contribution in [3.63, 3.8) is 0 Å². The molecule has 4 aromatic carbocycles. The van der Waals surface area contributed by atoms with Gasteiger partial charge in [0, 0.05) is 88.3 Å². The number of hydrogen-bond acceptors (Lipinski definition) is 10. The topological polar surface area (TPSA) is 168 Å². The molecule has 3 amide bonds. The van der Waals surface area contributed by atoms with Gasteiger partial charge in [0.2, 0.25) is 11.8 Å². The van der Waals surface area contributed by atoms with Crippen LogP contribution in [-0.4, -0.2) is 101 Å². The molecule has 2 aromatic heterocycles. The second kappa shape index (κ2) is 17.4. The van der Waals surface area contributed by atoms with E-state index in [1.165, 1.54) is 21.3 Å². The number of imidazole rings is 1. The number of piperazine rings is 1. The summed E-state index contributed by atoms with van der Waals surface area (Å²) >= 11 is 0. The first-order valence-electron chi connectivity index (χ1n) is 20.9. The van der Waals surface area contributed by atoms with Crippen molar-refractivity contribution in [3.8, 4) is 5.75 Å². The number of anilines is 3. The molecule has 3 fully saturated rings. The number of benzene rings is 4. The van der Waals surface area contributed by atoms with E-state index in [-0.39, 0.29) is 36.4 Å². The predicted molar refractivity (Wildman–Crippen MR) is 230 cm³/mol. The number of para-hydroxylation sites is 1. The lowest BCUT2D eigenvalue weighted by atomic mass is 10.0. The highest BCUT2D eigenvalue weighted by Crippen LogP contribution is 2.31. The molecule has 0 spiro atoms. The van der Waals surface area contributed by atoms with Crippen LogP contribution in [0, 0.1) is 11.6 Å². The summed E-state index contributed by atoms with van der Waals surface area (Å²) in [7, 11) is 1.66. The summed E-state index contributed by atoms with van der Waals surface area (Å²) in [6.07, 6.45) is 2.35. The Morgan fingerprint density at radius 1 is 0.919 bits per heavy atom. The smallest absolute Gasteiger partial charge is 0.329 e. The van der Waals surface area contributed by atoms with Crippen LogP contribution in [0.4, 0.5) is 26.0 Å². The Hall–Kier alpha value is -6.59. The Balaban J connectivity index is 0.857. The molecule has 17 heteroatoms. The summed E-state index contributed by atoms with van der Waals surface area (Å²) < 4.78 is 42.6. The van der Waals surface area contributed by atoms with Gasteiger partial charge in [-0.25, -0.2) is 13.6 Å². The average molecular weight is 848 g/mol. The van der Waals surface area contributed by atoms with Crippen LogP contribution in [0.1, 0.15) is 53.2 Å². The van der Waals surface area contributed by atoms with E-state index in [2.05, 4.69) is 35.9 Å². The molecular weight excluding hydrogens is 801 g/mol. The number of carbonyl (C=O) groups is 3. The minimum Gasteiger partial charge on any atom is -0.490 e. The van der Waals surface area contributed by atoms with Crippen LogP contribution in [0.2, 0.25) is 0 Å². The molecule has 0 aliphatic carbocycles. The SMILES string of the molecule is Cn1c(=O)n(C2CCC(=O)NC2=O)c2cccc(OCCN3CCN(c4ccc(C(=O)Nc5n[nH]c6ccc(Cc7cc(F)cc(F)c7)cc56)c(NC5CCOCC5)c4)CC3)c21. The highest BCUT2D eigenvalue weighted by Gasteiger charge is 2.32. The van der Waals surface area contributed by atoms with Crippen molar-refractivity contribution in [2.75, 3.05) is 68.1 Å². The van der Waals surface area contributed by atoms with E-state index >= 15 is 0 Å². The fourth-order valence-corrected chi connectivity index (χ4v) is 8.76. The van der Waals surface area contributed by atoms with Gasteiger partial charge in [0.1, 0.15) is 35.5 Å². The summed E-state index contributed by atoms with van der Waals surface area (Å²) in [4.78, 5) is 56.4. The number of amides is 3. The molecule has 3 saturated heterocycles. The number of rotatable bonds is 12. The number of aromatic nitrogens is 4. The van der Waals surface area contributed by atoms with Crippen molar-refractivity contribution >= 4 is 56.9 Å². The molecule has 0 radical (unpaired) electrons. The molecule has 4 N–H and O–H groups in total. The van der Waals surface area contributed by atoms with Gasteiger partial charge in [-0.2, -0.15) is 5.10 Å². The maximum absolute atomic E-state index is 14.0. The molecule has 6 aromatic rings. The lowest BCUT2D eigenvalue weighted by molar-refractivity contribution is -0.135. The first-order valence-corrected chi connectivity index (χ1v) is 20.9. The minimum absolute atomic E-state index is 0.132. The molecule has 0 bridgehead atoms. The lowest BCUT2D eigenvalue weighted by Crippen LogP contribution is -2.47. The molecule has 1 atom stereocenters. The van der Waals surface area contributed by atoms with Gasteiger partial charge in [0.25, 0.3) is 5.91 Å². The van der Waals surface area contributed by atoms with Gasteiger partial charge < -0.3 is 25.0 Å². The van der Waals surface area contributed by atoms with Gasteiger partial charge in [0.15, 0.2) is 5.82 Å². The number of H-pyrrole nitrogens is 1. The number of ether oxygens (including phenoxy) is 2. The number of aryl methyl sites for hydroxylation is 1. The van der Waals surface area contributed by atoms with Crippen LogP contribution in [0.5, 0.6) is 5.75 Å². The second-order valence-electron chi connectivity index (χ2n) is 16.1. The zero-order valence-electron chi connectivity index (χ0n) is 34.2. The van der Waals surface area contributed by atoms with Crippen LogP contribution < -0.4 is 31.3 Å². The van der Waals surface area contributed by atoms with Crippen molar-refractivity contribution in [2.24, 2.45) is 7.05 Å². The third-order valence-electron chi connectivity index (χ3n) is 12.0. The molecule has 15 nitrogen and oxygen atoms in total. The van der Waals surface area contributed by atoms with Crippen LogP contribution in [0.3, 0.4) is 0 Å². The van der Waals surface area contributed by atoms with Gasteiger partial charge in [-0.3, -0.25) is 38.8 Å². The first-order chi connectivity index (χ1) is 30.1. The summed E-state index contributed by atoms with van der Waals surface area (Å²) in [5.74, 6) is -1.52. The van der Waals surface area contributed by atoms with E-state index in [0.717, 1.165) is 56.3 Å². The van der Waals surface area contributed by atoms with Crippen molar-refractivity contribution in [3.05, 3.63) is 112 Å². The second-order valence-corrected chi connectivity index (χ2v) is 16.1. The third kappa shape index (κ3) is 8.50. The van der Waals surface area contributed by atoms with E-state index in [9.17, 15) is 28.0 Å². The van der Waals surface area contributed by atoms with E-state index in [1.807, 2.05) is 42.5 Å². The zero-order chi connectivity index (χ0) is 42.9. The summed E-state index contributed by atoms with van der Waals surface area (Å²) in [6, 6.07) is 19.6. The number of nitrogens with zero attached hydrogens (tertiary/aromatic N) is 5. The summed E-state index contributed by atoms with van der Waals surface area (Å²) in [6.45, 7) is 5.40. The number of halogens is 2. The van der Waals surface area contributed by atoms with Crippen molar-refractivity contribution in [2.45, 2.75) is 44.2 Å². The molecule has 5 heterocycles. The Morgan fingerprint density at radius 3 is 2.48 bits per heavy atom. The van der Waals surface area contributed by atoms with E-state index in [1.54, 1.807) is 19.2 Å². The van der Waals surface area contributed by atoms with E-state index < -0.39 is 23.6 Å². The molecule has 1 unspecified atom stereocenters. The summed E-state index contributed by atoms with van der Waals surface area (Å²) in [5, 5.41) is 17.0. The summed E-state index contributed by atoms with van der Waals surface area (Å²) in [5.41, 5.74) is 5.02. The van der Waals surface area contributed by atoms with Crippen LogP contribution in [0.15, 0.2) is 77.6 Å². The van der Waals surface area contributed by atoms with Gasteiger partial charge in [-0.1, -0.05) is 12.1 Å². The Kier molecular flexibility index (Phi) is 11.5. The number of piperidine rings is 1. The predicted octanol–water partition coefficient (Wildman–Crippen LogP) is 5.11. The van der Waals surface area contributed by atoms with Crippen molar-refractivity contribution in [1.29, 1.82) is 0 Å². The number of imide groups is 1. The van der Waals surface area contributed by atoms with Gasteiger partial charge >= 0.3 is 5.69 Å². The Labute approximate surface area is 355 Å².